The van der Waals surface area contributed by atoms with Crippen molar-refractivity contribution in [3.8, 4) is 0 Å². The van der Waals surface area contributed by atoms with Crippen molar-refractivity contribution in [3.05, 3.63) is 51.2 Å². The Labute approximate surface area is 152 Å². The second kappa shape index (κ2) is 7.83. The Hall–Kier alpha value is -2.14. The molecule has 0 unspecified atom stereocenters. The number of amides is 1. The van der Waals surface area contributed by atoms with Crippen LogP contribution in [0, 0.1) is 6.92 Å². The first kappa shape index (κ1) is 17.7. The summed E-state index contributed by atoms with van der Waals surface area (Å²) in [5, 5.41) is 2.78. The first-order valence-corrected chi connectivity index (χ1v) is 9.54. The van der Waals surface area contributed by atoms with E-state index in [0.717, 1.165) is 18.4 Å². The molecule has 1 heterocycles. The zero-order chi connectivity index (χ0) is 17.8. The van der Waals surface area contributed by atoms with Gasteiger partial charge in [0, 0.05) is 10.6 Å². The Morgan fingerprint density at radius 1 is 1.16 bits per heavy atom. The predicted molar refractivity (Wildman–Crippen MR) is 100 cm³/mol. The lowest BCUT2D eigenvalue weighted by atomic mass is 10.1. The van der Waals surface area contributed by atoms with Crippen molar-refractivity contribution < 1.29 is 14.3 Å². The molecule has 4 nitrogen and oxygen atoms in total. The van der Waals surface area contributed by atoms with Gasteiger partial charge in [0.05, 0.1) is 0 Å². The minimum Gasteiger partial charge on any atom is -0.448 e. The summed E-state index contributed by atoms with van der Waals surface area (Å²) in [7, 11) is 0. The molecule has 1 aliphatic carbocycles. The highest BCUT2D eigenvalue weighted by atomic mass is 32.1. The number of fused-ring (bicyclic) bond motifs is 1. The van der Waals surface area contributed by atoms with Crippen LogP contribution in [0.25, 0.3) is 0 Å². The summed E-state index contributed by atoms with van der Waals surface area (Å²) < 4.78 is 5.37. The van der Waals surface area contributed by atoms with E-state index in [4.69, 9.17) is 4.74 Å². The van der Waals surface area contributed by atoms with Gasteiger partial charge in [-0.1, -0.05) is 18.6 Å². The fraction of sp³-hybridized carbons (Fsp3) is 0.400. The quantitative estimate of drug-likeness (QED) is 0.647. The molecule has 1 aromatic heterocycles. The molecule has 1 atom stereocenters. The highest BCUT2D eigenvalue weighted by Gasteiger charge is 2.22. The third-order valence-electron chi connectivity index (χ3n) is 4.39. The molecule has 0 bridgehead atoms. The van der Waals surface area contributed by atoms with Gasteiger partial charge in [-0.05, 0) is 68.9 Å². The minimum absolute atomic E-state index is 0.322. The number of hydrogen-bond donors (Lipinski definition) is 1. The molecule has 0 fully saturated rings. The van der Waals surface area contributed by atoms with Crippen molar-refractivity contribution in [1.29, 1.82) is 0 Å². The molecule has 0 saturated heterocycles. The predicted octanol–water partition coefficient (Wildman–Crippen LogP) is 4.51. The molecular weight excluding hydrogens is 334 g/mol. The molecule has 1 N–H and O–H groups in total. The van der Waals surface area contributed by atoms with Gasteiger partial charge in [0.25, 0.3) is 5.91 Å². The second-order valence-electron chi connectivity index (χ2n) is 6.53. The number of nitrogens with one attached hydrogen (secondary N) is 1. The highest BCUT2D eigenvalue weighted by molar-refractivity contribution is 7.14. The Morgan fingerprint density at radius 3 is 2.76 bits per heavy atom. The summed E-state index contributed by atoms with van der Waals surface area (Å²) in [6, 6.07) is 9.47. The number of benzene rings is 1. The van der Waals surface area contributed by atoms with Crippen molar-refractivity contribution >= 4 is 28.9 Å². The SMILES string of the molecule is Cc1cccc(NC(=O)[C@H](C)OC(=O)c2cc3c(s2)CCCCC3)c1. The zero-order valence-corrected chi connectivity index (χ0v) is 15.4. The summed E-state index contributed by atoms with van der Waals surface area (Å²) in [5.74, 6) is -0.734. The largest absolute Gasteiger partial charge is 0.448 e. The molecule has 1 amide bonds. The number of aryl methyl sites for hydroxylation is 3. The van der Waals surface area contributed by atoms with Crippen LogP contribution in [0.4, 0.5) is 5.69 Å². The molecule has 0 saturated carbocycles. The normalized spacial score (nSPS) is 15.0. The van der Waals surface area contributed by atoms with Gasteiger partial charge >= 0.3 is 5.97 Å². The second-order valence-corrected chi connectivity index (χ2v) is 7.66. The van der Waals surface area contributed by atoms with Crippen LogP contribution in [-0.2, 0) is 22.4 Å². The van der Waals surface area contributed by atoms with Gasteiger partial charge in [0.1, 0.15) is 4.88 Å². The van der Waals surface area contributed by atoms with Gasteiger partial charge in [-0.25, -0.2) is 4.79 Å². The van der Waals surface area contributed by atoms with E-state index >= 15 is 0 Å². The number of hydrogen-bond acceptors (Lipinski definition) is 4. The van der Waals surface area contributed by atoms with E-state index in [9.17, 15) is 9.59 Å². The fourth-order valence-electron chi connectivity index (χ4n) is 3.01. The number of anilines is 1. The highest BCUT2D eigenvalue weighted by Crippen LogP contribution is 2.29. The van der Waals surface area contributed by atoms with E-state index < -0.39 is 12.1 Å². The number of rotatable bonds is 4. The Kier molecular flexibility index (Phi) is 5.53. The topological polar surface area (TPSA) is 55.4 Å². The molecule has 3 rings (SSSR count). The van der Waals surface area contributed by atoms with Gasteiger partial charge in [-0.15, -0.1) is 11.3 Å². The average Bonchev–Trinajstić information content (AvgIpc) is 2.86. The van der Waals surface area contributed by atoms with E-state index in [1.54, 1.807) is 6.92 Å². The third kappa shape index (κ3) is 4.48. The van der Waals surface area contributed by atoms with Crippen LogP contribution in [0.5, 0.6) is 0 Å². The maximum Gasteiger partial charge on any atom is 0.349 e. The van der Waals surface area contributed by atoms with E-state index in [1.807, 2.05) is 37.3 Å². The molecule has 1 aliphatic rings. The number of carbonyl (C=O) groups is 2. The Morgan fingerprint density at radius 2 is 1.96 bits per heavy atom. The van der Waals surface area contributed by atoms with E-state index in [-0.39, 0.29) is 5.91 Å². The van der Waals surface area contributed by atoms with Crippen molar-refractivity contribution in [1.82, 2.24) is 0 Å². The maximum absolute atomic E-state index is 12.4. The summed E-state index contributed by atoms with van der Waals surface area (Å²) in [6.45, 7) is 3.56. The molecule has 0 aliphatic heterocycles. The zero-order valence-electron chi connectivity index (χ0n) is 14.6. The average molecular weight is 357 g/mol. The third-order valence-corrected chi connectivity index (χ3v) is 5.60. The number of ether oxygens (including phenoxy) is 1. The molecule has 25 heavy (non-hydrogen) atoms. The number of carbonyl (C=O) groups excluding carboxylic acids is 2. The maximum atomic E-state index is 12.4. The van der Waals surface area contributed by atoms with E-state index in [2.05, 4.69) is 5.32 Å². The standard InChI is InChI=1S/C20H23NO3S/c1-13-7-6-9-16(11-13)21-19(22)14(2)24-20(23)18-12-15-8-4-3-5-10-17(15)25-18/h6-7,9,11-12,14H,3-5,8,10H2,1-2H3,(H,21,22)/t14-/m0/s1. The van der Waals surface area contributed by atoms with Crippen LogP contribution >= 0.6 is 11.3 Å². The van der Waals surface area contributed by atoms with E-state index in [1.165, 1.54) is 41.0 Å². The Balaban J connectivity index is 1.61. The number of thiophene rings is 1. The first-order valence-electron chi connectivity index (χ1n) is 8.73. The molecule has 1 aromatic carbocycles. The van der Waals surface area contributed by atoms with Gasteiger partial charge < -0.3 is 10.1 Å². The smallest absolute Gasteiger partial charge is 0.349 e. The first-order chi connectivity index (χ1) is 12.0. The molecular formula is C20H23NO3S. The lowest BCUT2D eigenvalue weighted by Gasteiger charge is -2.13. The van der Waals surface area contributed by atoms with Gasteiger partial charge in [-0.3, -0.25) is 4.79 Å². The molecule has 5 heteroatoms. The van der Waals surface area contributed by atoms with Gasteiger partial charge in [0.15, 0.2) is 6.10 Å². The van der Waals surface area contributed by atoms with Crippen LogP contribution in [0.2, 0.25) is 0 Å². The monoisotopic (exact) mass is 357 g/mol. The number of esters is 1. The molecule has 2 aromatic rings. The van der Waals surface area contributed by atoms with Crippen molar-refractivity contribution in [2.45, 2.75) is 52.1 Å². The van der Waals surface area contributed by atoms with Gasteiger partial charge in [0.2, 0.25) is 0 Å². The summed E-state index contributed by atoms with van der Waals surface area (Å²) >= 11 is 1.51. The van der Waals surface area contributed by atoms with Crippen molar-refractivity contribution in [2.75, 3.05) is 5.32 Å². The molecule has 0 radical (unpaired) electrons. The summed E-state index contributed by atoms with van der Waals surface area (Å²) in [4.78, 5) is 26.5. The van der Waals surface area contributed by atoms with Crippen LogP contribution in [0.3, 0.4) is 0 Å². The van der Waals surface area contributed by atoms with E-state index in [0.29, 0.717) is 10.6 Å². The van der Waals surface area contributed by atoms with Gasteiger partial charge in [-0.2, -0.15) is 0 Å². The minimum atomic E-state index is -0.838. The van der Waals surface area contributed by atoms with Crippen LogP contribution in [0.15, 0.2) is 30.3 Å². The van der Waals surface area contributed by atoms with Crippen LogP contribution in [-0.4, -0.2) is 18.0 Å². The van der Waals surface area contributed by atoms with Crippen LogP contribution < -0.4 is 5.32 Å². The van der Waals surface area contributed by atoms with Crippen molar-refractivity contribution in [3.63, 3.8) is 0 Å². The lowest BCUT2D eigenvalue weighted by Crippen LogP contribution is -2.29. The summed E-state index contributed by atoms with van der Waals surface area (Å²) in [6.07, 6.45) is 4.83. The van der Waals surface area contributed by atoms with Crippen molar-refractivity contribution in [2.24, 2.45) is 0 Å². The van der Waals surface area contributed by atoms with Crippen LogP contribution in [0.1, 0.15) is 51.9 Å². The summed E-state index contributed by atoms with van der Waals surface area (Å²) in [5.41, 5.74) is 3.03. The molecule has 132 valence electrons. The molecule has 0 spiro atoms. The lowest BCUT2D eigenvalue weighted by molar-refractivity contribution is -0.123. The Bertz CT molecular complexity index is 757. The fourth-order valence-corrected chi connectivity index (χ4v) is 4.14.